The van der Waals surface area contributed by atoms with E-state index in [4.69, 9.17) is 40.4 Å². The van der Waals surface area contributed by atoms with Gasteiger partial charge in [-0.2, -0.15) is 0 Å². The Balaban J connectivity index is 0.00000972. The normalized spacial score (nSPS) is 11.2. The molecular formula is C35H44ClN4O12U-. The molecule has 53 heavy (non-hydrogen) atoms. The Labute approximate surface area is 335 Å². The van der Waals surface area contributed by atoms with Crippen LogP contribution >= 0.6 is 11.6 Å². The van der Waals surface area contributed by atoms with Crippen molar-refractivity contribution in [2.45, 2.75) is 25.9 Å². The SMILES string of the molecule is [CH2-]C(=O)NCCOCCOCCOc1c(C)cn(Cc2c(Cl)cccc2OCCO)c(=O)c1NC(=O)N[C@@H](CC(=O)O)c1cccc(OCCO)c1.[U]. The number of hydrogen-bond donors (Lipinski definition) is 6. The van der Waals surface area contributed by atoms with Gasteiger partial charge in [0.1, 0.15) is 31.3 Å². The van der Waals surface area contributed by atoms with Crippen molar-refractivity contribution in [3.05, 3.63) is 87.7 Å². The first-order valence-electron chi connectivity index (χ1n) is 16.3. The summed E-state index contributed by atoms with van der Waals surface area (Å²) < 4.78 is 29.2. The predicted molar refractivity (Wildman–Crippen MR) is 190 cm³/mol. The summed E-state index contributed by atoms with van der Waals surface area (Å²) in [6, 6.07) is 9.42. The number of hydrogen-bond acceptors (Lipinski definition) is 11. The van der Waals surface area contributed by atoms with Crippen LogP contribution in [0.1, 0.15) is 29.2 Å². The van der Waals surface area contributed by atoms with Gasteiger partial charge < -0.3 is 71.2 Å². The van der Waals surface area contributed by atoms with Gasteiger partial charge in [-0.05, 0) is 36.8 Å². The van der Waals surface area contributed by atoms with Crippen LogP contribution in [0.25, 0.3) is 0 Å². The predicted octanol–water partition coefficient (Wildman–Crippen LogP) is 2.30. The Morgan fingerprint density at radius 2 is 1.60 bits per heavy atom. The number of halogens is 1. The van der Waals surface area contributed by atoms with Crippen molar-refractivity contribution in [2.24, 2.45) is 0 Å². The summed E-state index contributed by atoms with van der Waals surface area (Å²) in [4.78, 5) is 50.1. The largest absolute Gasteiger partial charge is 0.491 e. The van der Waals surface area contributed by atoms with Crippen LogP contribution in [0.3, 0.4) is 0 Å². The molecule has 2 aromatic carbocycles. The standard InChI is InChI=1S/C35H44ClN4O12.U/c1-23-21-40(22-27-28(36)7-4-8-30(27)51-14-11-42)34(46)32(33(23)52-18-17-49-16-15-48-12-9-37-24(2)43)39-35(47)38-29(20-31(44)45)25-5-3-6-26(19-25)50-13-10-41;/h3-8,19,21,29,41-42H,2,9-18,20,22H2,1H3,(H,37,43)(H,44,45)(H2,38,39,47);/q-1;/t29-;/m0./s1. The van der Waals surface area contributed by atoms with Gasteiger partial charge in [-0.1, -0.05) is 29.8 Å². The quantitative estimate of drug-likeness (QED) is 0.0597. The third-order valence-electron chi connectivity index (χ3n) is 7.12. The van der Waals surface area contributed by atoms with E-state index in [1.54, 1.807) is 49.4 Å². The number of aliphatic hydroxyl groups excluding tert-OH is 2. The van der Waals surface area contributed by atoms with Gasteiger partial charge in [-0.25, -0.2) is 4.79 Å². The van der Waals surface area contributed by atoms with E-state index in [-0.39, 0.29) is 109 Å². The second-order valence-electron chi connectivity index (χ2n) is 11.1. The van der Waals surface area contributed by atoms with Crippen LogP contribution in [0, 0.1) is 45.0 Å². The number of amides is 3. The Morgan fingerprint density at radius 3 is 2.30 bits per heavy atom. The number of carboxylic acid groups (broad SMARTS) is 1. The van der Waals surface area contributed by atoms with Gasteiger partial charge >= 0.3 is 12.0 Å². The first-order valence-corrected chi connectivity index (χ1v) is 16.7. The van der Waals surface area contributed by atoms with Crippen molar-refractivity contribution in [3.63, 3.8) is 0 Å². The Kier molecular flexibility index (Phi) is 20.8. The van der Waals surface area contributed by atoms with E-state index in [1.807, 2.05) is 0 Å². The van der Waals surface area contributed by atoms with Crippen LogP contribution in [0.2, 0.25) is 5.02 Å². The van der Waals surface area contributed by atoms with E-state index < -0.39 is 35.9 Å². The van der Waals surface area contributed by atoms with Crippen LogP contribution < -0.4 is 35.7 Å². The van der Waals surface area contributed by atoms with Gasteiger partial charge in [-0.15, -0.1) is 0 Å². The number of carbonyl (C=O) groups is 3. The number of anilines is 1. The molecule has 0 saturated heterocycles. The average Bonchev–Trinajstić information content (AvgIpc) is 3.10. The molecule has 1 aromatic heterocycles. The molecule has 0 spiro atoms. The molecule has 0 aliphatic heterocycles. The summed E-state index contributed by atoms with van der Waals surface area (Å²) >= 11 is 6.49. The van der Waals surface area contributed by atoms with Gasteiger partial charge in [0.25, 0.3) is 5.56 Å². The maximum Gasteiger partial charge on any atom is 0.319 e. The number of carbonyl (C=O) groups excluding carboxylic acids is 2. The minimum atomic E-state index is -1.19. The summed E-state index contributed by atoms with van der Waals surface area (Å²) in [6.45, 7) is 5.55. The number of pyridine rings is 1. The van der Waals surface area contributed by atoms with E-state index in [0.29, 0.717) is 39.8 Å². The summed E-state index contributed by atoms with van der Waals surface area (Å²) in [6.07, 6.45) is 1.04. The number of rotatable bonds is 23. The fourth-order valence-corrected chi connectivity index (χ4v) is 5.09. The summed E-state index contributed by atoms with van der Waals surface area (Å²) in [5.74, 6) is -0.816. The van der Waals surface area contributed by atoms with Gasteiger partial charge in [0, 0.05) is 60.0 Å². The van der Waals surface area contributed by atoms with E-state index in [9.17, 15) is 29.4 Å². The maximum atomic E-state index is 14.0. The Hall–Kier alpha value is -3.95. The summed E-state index contributed by atoms with van der Waals surface area (Å²) in [7, 11) is 0. The number of aliphatic hydroxyl groups is 2. The van der Waals surface area contributed by atoms with Crippen molar-refractivity contribution in [1.82, 2.24) is 15.2 Å². The van der Waals surface area contributed by atoms with Gasteiger partial charge in [0.2, 0.25) is 0 Å². The smallest absolute Gasteiger partial charge is 0.319 e. The van der Waals surface area contributed by atoms with Crippen molar-refractivity contribution >= 4 is 35.2 Å². The van der Waals surface area contributed by atoms with Crippen LogP contribution in [0.4, 0.5) is 10.5 Å². The Morgan fingerprint density at radius 1 is 0.925 bits per heavy atom. The molecule has 0 fully saturated rings. The molecule has 1 atom stereocenters. The van der Waals surface area contributed by atoms with E-state index in [0.717, 1.165) is 0 Å². The zero-order chi connectivity index (χ0) is 37.9. The van der Waals surface area contributed by atoms with E-state index in [2.05, 4.69) is 22.9 Å². The fraction of sp³-hybridized carbons (Fsp3) is 0.400. The number of carboxylic acids is 1. The van der Waals surface area contributed by atoms with Gasteiger partial charge in [-0.3, -0.25) is 9.59 Å². The first kappa shape index (κ1) is 45.2. The third kappa shape index (κ3) is 15.5. The molecule has 0 aliphatic rings. The Bertz CT molecular complexity index is 1690. The number of aromatic nitrogens is 1. The van der Waals surface area contributed by atoms with Gasteiger partial charge in [0.05, 0.1) is 64.6 Å². The van der Waals surface area contributed by atoms with E-state index in [1.165, 1.54) is 10.8 Å². The molecular weight excluding hydrogens is 942 g/mol. The van der Waals surface area contributed by atoms with E-state index >= 15 is 0 Å². The first-order chi connectivity index (χ1) is 25.0. The molecule has 0 radical (unpaired) electrons. The van der Waals surface area contributed by atoms with Gasteiger partial charge in [0.15, 0.2) is 11.4 Å². The van der Waals surface area contributed by atoms with Crippen LogP contribution in [0.15, 0.2) is 53.5 Å². The third-order valence-corrected chi connectivity index (χ3v) is 7.47. The molecule has 3 rings (SSSR count). The fourth-order valence-electron chi connectivity index (χ4n) is 4.86. The molecule has 16 nitrogen and oxygen atoms in total. The zero-order valence-electron chi connectivity index (χ0n) is 29.2. The zero-order valence-corrected chi connectivity index (χ0v) is 34.1. The van der Waals surface area contributed by atoms with Crippen LogP contribution in [0.5, 0.6) is 17.2 Å². The van der Waals surface area contributed by atoms with Crippen molar-refractivity contribution in [2.75, 3.05) is 71.3 Å². The molecule has 0 aliphatic carbocycles. The molecule has 3 aromatic rings. The molecule has 0 saturated carbocycles. The molecule has 18 heteroatoms. The minimum absolute atomic E-state index is 0. The number of nitrogens with zero attached hydrogens (tertiary/aromatic N) is 1. The second kappa shape index (κ2) is 24.4. The van der Waals surface area contributed by atoms with Crippen molar-refractivity contribution in [3.8, 4) is 17.2 Å². The minimum Gasteiger partial charge on any atom is -0.491 e. The number of aryl methyl sites for hydroxylation is 1. The molecule has 1 heterocycles. The molecule has 288 valence electrons. The number of aliphatic carboxylic acids is 1. The number of ether oxygens (including phenoxy) is 5. The van der Waals surface area contributed by atoms with Crippen LogP contribution in [-0.4, -0.2) is 104 Å². The molecule has 0 unspecified atom stereocenters. The number of benzene rings is 2. The molecule has 3 amide bonds. The monoisotopic (exact) mass is 985 g/mol. The number of nitrogens with one attached hydrogen (secondary N) is 3. The second-order valence-corrected chi connectivity index (χ2v) is 11.5. The molecule has 6 N–H and O–H groups in total. The molecule has 0 bridgehead atoms. The maximum absolute atomic E-state index is 14.0. The summed E-state index contributed by atoms with van der Waals surface area (Å²) in [5.41, 5.74) is 0.436. The summed E-state index contributed by atoms with van der Waals surface area (Å²) in [5, 5.41) is 36.0. The average molecular weight is 986 g/mol. The topological polar surface area (TPSA) is 216 Å². The number of urea groups is 1. The van der Waals surface area contributed by atoms with Crippen LogP contribution in [-0.2, 0) is 25.6 Å². The van der Waals surface area contributed by atoms with Crippen molar-refractivity contribution in [1.29, 1.82) is 0 Å². The van der Waals surface area contributed by atoms with Crippen molar-refractivity contribution < 1.29 is 84.5 Å².